The van der Waals surface area contributed by atoms with E-state index in [-0.39, 0.29) is 11.8 Å². The number of nitrogens with zero attached hydrogens (tertiary/aromatic N) is 1. The molecule has 0 spiro atoms. The topological polar surface area (TPSA) is 20.3 Å². The molecule has 1 heterocycles. The van der Waals surface area contributed by atoms with Crippen molar-refractivity contribution in [3.05, 3.63) is 24.3 Å². The van der Waals surface area contributed by atoms with E-state index in [1.165, 1.54) is 0 Å². The molecule has 1 aliphatic carbocycles. The van der Waals surface area contributed by atoms with Crippen molar-refractivity contribution >= 4 is 14.6 Å². The fourth-order valence-electron chi connectivity index (χ4n) is 1.48. The van der Waals surface area contributed by atoms with Gasteiger partial charge >= 0.3 is 0 Å². The number of carbonyl (C=O) groups excluding carboxylic acids is 1. The summed E-state index contributed by atoms with van der Waals surface area (Å²) >= 11 is 0. The lowest BCUT2D eigenvalue weighted by Crippen LogP contribution is -2.21. The molecule has 0 aromatic heterocycles. The Morgan fingerprint density at radius 2 is 2.18 bits per heavy atom. The third-order valence-corrected chi connectivity index (χ3v) is 3.55. The largest absolute Gasteiger partial charge is 0.326 e. The van der Waals surface area contributed by atoms with E-state index in [9.17, 15) is 4.79 Å². The highest BCUT2D eigenvalue weighted by Crippen LogP contribution is 2.41. The number of amides is 1. The first-order valence-electron chi connectivity index (χ1n) is 3.68. The maximum absolute atomic E-state index is 11.4. The van der Waals surface area contributed by atoms with Gasteiger partial charge in [-0.2, -0.15) is 0 Å². The Kier molecular flexibility index (Phi) is 1.57. The maximum atomic E-state index is 11.4. The van der Waals surface area contributed by atoms with Crippen LogP contribution in [0.25, 0.3) is 0 Å². The zero-order valence-electron chi connectivity index (χ0n) is 6.32. The second kappa shape index (κ2) is 2.46. The Labute approximate surface area is 67.8 Å². The molecule has 0 saturated carbocycles. The van der Waals surface area contributed by atoms with Crippen molar-refractivity contribution in [1.29, 1.82) is 0 Å². The van der Waals surface area contributed by atoms with Crippen LogP contribution >= 0.6 is 8.73 Å². The van der Waals surface area contributed by atoms with Gasteiger partial charge in [-0.15, -0.1) is 0 Å². The van der Waals surface area contributed by atoms with Gasteiger partial charge in [0.2, 0.25) is 5.91 Å². The molecule has 0 bridgehead atoms. The van der Waals surface area contributed by atoms with Crippen LogP contribution in [0.15, 0.2) is 24.3 Å². The maximum Gasteiger partial charge on any atom is 0.233 e. The highest BCUT2D eigenvalue weighted by Gasteiger charge is 2.35. The normalized spacial score (nSPS) is 36.8. The lowest BCUT2D eigenvalue weighted by Gasteiger charge is -2.09. The van der Waals surface area contributed by atoms with Crippen LogP contribution in [0.3, 0.4) is 0 Å². The quantitative estimate of drug-likeness (QED) is 0.496. The Morgan fingerprint density at radius 3 is 2.91 bits per heavy atom. The molecule has 3 atom stereocenters. The number of rotatable bonds is 0. The molecule has 1 fully saturated rings. The standard InChI is InChI=1S/C8H10NOP/c1-9-8(10)6-4-2-3-5-7(6)11-9/h2-7,11H,1H3. The van der Waals surface area contributed by atoms with E-state index < -0.39 is 0 Å². The third kappa shape index (κ3) is 1.02. The first-order valence-corrected chi connectivity index (χ1v) is 4.70. The molecule has 2 rings (SSSR count). The van der Waals surface area contributed by atoms with E-state index in [1.54, 1.807) is 0 Å². The van der Waals surface area contributed by atoms with Crippen LogP contribution in [0.4, 0.5) is 0 Å². The summed E-state index contributed by atoms with van der Waals surface area (Å²) in [6, 6.07) is 0. The molecule has 0 aromatic rings. The molecule has 2 aliphatic rings. The van der Waals surface area contributed by atoms with Gasteiger partial charge in [-0.25, -0.2) is 0 Å². The number of fused-ring (bicyclic) bond motifs is 1. The predicted octanol–water partition coefficient (Wildman–Crippen LogP) is 1.16. The van der Waals surface area contributed by atoms with E-state index in [0.717, 1.165) is 0 Å². The number of hydrogen-bond donors (Lipinski definition) is 0. The average molecular weight is 167 g/mol. The number of allylic oxidation sites excluding steroid dienone is 3. The van der Waals surface area contributed by atoms with Crippen LogP contribution in [0.1, 0.15) is 0 Å². The van der Waals surface area contributed by atoms with Crippen molar-refractivity contribution < 1.29 is 4.79 Å². The Morgan fingerprint density at radius 1 is 1.45 bits per heavy atom. The summed E-state index contributed by atoms with van der Waals surface area (Å²) in [6.07, 6.45) is 8.12. The molecule has 3 heteroatoms. The van der Waals surface area contributed by atoms with Crippen molar-refractivity contribution in [3.63, 3.8) is 0 Å². The lowest BCUT2D eigenvalue weighted by molar-refractivity contribution is -0.126. The monoisotopic (exact) mass is 167 g/mol. The first-order chi connectivity index (χ1) is 5.29. The summed E-state index contributed by atoms with van der Waals surface area (Å²) in [5.41, 5.74) is 0.456. The molecule has 2 nitrogen and oxygen atoms in total. The minimum atomic E-state index is 0.142. The summed E-state index contributed by atoms with van der Waals surface area (Å²) in [7, 11) is 2.51. The van der Waals surface area contributed by atoms with E-state index >= 15 is 0 Å². The molecule has 1 amide bonds. The van der Waals surface area contributed by atoms with Crippen LogP contribution in [-0.4, -0.2) is 23.3 Å². The average Bonchev–Trinajstić information content (AvgIpc) is 2.30. The van der Waals surface area contributed by atoms with Crippen molar-refractivity contribution in [2.45, 2.75) is 5.66 Å². The molecule has 1 saturated heterocycles. The second-order valence-corrected chi connectivity index (χ2v) is 4.44. The van der Waals surface area contributed by atoms with Crippen molar-refractivity contribution in [3.8, 4) is 0 Å². The predicted molar refractivity (Wildman–Crippen MR) is 46.6 cm³/mol. The summed E-state index contributed by atoms with van der Waals surface area (Å²) < 4.78 is 1.83. The summed E-state index contributed by atoms with van der Waals surface area (Å²) in [4.78, 5) is 11.4. The van der Waals surface area contributed by atoms with E-state index in [4.69, 9.17) is 0 Å². The summed E-state index contributed by atoms with van der Waals surface area (Å²) in [6.45, 7) is 0. The van der Waals surface area contributed by atoms with Gasteiger partial charge in [-0.05, 0) is 8.73 Å². The zero-order valence-corrected chi connectivity index (χ0v) is 7.32. The lowest BCUT2D eigenvalue weighted by atomic mass is 10.00. The molecule has 1 aliphatic heterocycles. The molecule has 58 valence electrons. The van der Waals surface area contributed by atoms with Gasteiger partial charge < -0.3 is 4.67 Å². The molecule has 0 N–H and O–H groups in total. The number of hydrogen-bond acceptors (Lipinski definition) is 1. The van der Waals surface area contributed by atoms with Gasteiger partial charge in [0, 0.05) is 12.7 Å². The minimum Gasteiger partial charge on any atom is -0.326 e. The van der Waals surface area contributed by atoms with Gasteiger partial charge in [0.15, 0.2) is 0 Å². The minimum absolute atomic E-state index is 0.142. The molecule has 11 heavy (non-hydrogen) atoms. The first kappa shape index (κ1) is 7.05. The molecular formula is C8H10NOP. The van der Waals surface area contributed by atoms with E-state index in [1.807, 2.05) is 29.9 Å². The highest BCUT2D eigenvalue weighted by atomic mass is 31.1. The zero-order chi connectivity index (χ0) is 7.84. The fourth-order valence-corrected chi connectivity index (χ4v) is 2.81. The van der Waals surface area contributed by atoms with Gasteiger partial charge in [-0.1, -0.05) is 24.3 Å². The van der Waals surface area contributed by atoms with Crippen LogP contribution in [0, 0.1) is 5.92 Å². The van der Waals surface area contributed by atoms with Crippen LogP contribution in [0.2, 0.25) is 0 Å². The number of carbonyl (C=O) groups is 1. The van der Waals surface area contributed by atoms with E-state index in [0.29, 0.717) is 14.4 Å². The molecular weight excluding hydrogens is 157 g/mol. The Hall–Kier alpha value is -0.620. The van der Waals surface area contributed by atoms with Crippen LogP contribution < -0.4 is 0 Å². The van der Waals surface area contributed by atoms with Crippen molar-refractivity contribution in [2.75, 3.05) is 7.05 Å². The smallest absolute Gasteiger partial charge is 0.233 e. The van der Waals surface area contributed by atoms with E-state index in [2.05, 4.69) is 6.08 Å². The Bertz CT molecular complexity index is 246. The van der Waals surface area contributed by atoms with Gasteiger partial charge in [0.1, 0.15) is 0 Å². The molecule has 0 radical (unpaired) electrons. The summed E-state index contributed by atoms with van der Waals surface area (Å²) in [5.74, 6) is 0.414. The van der Waals surface area contributed by atoms with Gasteiger partial charge in [0.25, 0.3) is 0 Å². The van der Waals surface area contributed by atoms with Crippen LogP contribution in [0.5, 0.6) is 0 Å². The summed E-state index contributed by atoms with van der Waals surface area (Å²) in [5, 5.41) is 0. The SMILES string of the molecule is CN1PC2C=CC=CC2C1=O. The Balaban J connectivity index is 2.27. The van der Waals surface area contributed by atoms with Crippen molar-refractivity contribution in [2.24, 2.45) is 5.92 Å². The second-order valence-electron chi connectivity index (χ2n) is 2.85. The third-order valence-electron chi connectivity index (χ3n) is 2.09. The van der Waals surface area contributed by atoms with Gasteiger partial charge in [-0.3, -0.25) is 4.79 Å². The van der Waals surface area contributed by atoms with Gasteiger partial charge in [0.05, 0.1) is 5.92 Å². The highest BCUT2D eigenvalue weighted by molar-refractivity contribution is 7.38. The van der Waals surface area contributed by atoms with Crippen molar-refractivity contribution in [1.82, 2.24) is 4.67 Å². The fraction of sp³-hybridized carbons (Fsp3) is 0.375. The molecule has 3 unspecified atom stereocenters. The van der Waals surface area contributed by atoms with Crippen LogP contribution in [-0.2, 0) is 4.79 Å². The molecule has 0 aromatic carbocycles.